The Morgan fingerprint density at radius 1 is 0.700 bits per heavy atom. The van der Waals surface area contributed by atoms with E-state index in [-0.39, 0.29) is 0 Å². The molecule has 2 aromatic heterocycles. The maximum Gasteiger partial charge on any atom is 0.0966 e. The number of benzene rings is 5. The second-order valence-corrected chi connectivity index (χ2v) is 8.18. The number of rotatable bonds is 1. The number of aromatic nitrogens is 2. The molecule has 1 N–H and O–H groups in total. The predicted molar refractivity (Wildman–Crippen MR) is 127 cm³/mol. The third kappa shape index (κ3) is 1.95. The van der Waals surface area contributed by atoms with Gasteiger partial charge in [-0.3, -0.25) is 4.98 Å². The van der Waals surface area contributed by atoms with Crippen molar-refractivity contribution in [3.63, 3.8) is 0 Å². The van der Waals surface area contributed by atoms with Crippen LogP contribution < -0.4 is 0 Å². The Hall–Kier alpha value is -3.91. The molecular formula is C28H18N2. The number of aromatic amines is 1. The average molecular weight is 382 g/mol. The fourth-order valence-corrected chi connectivity index (χ4v) is 5.14. The minimum absolute atomic E-state index is 1.06. The summed E-state index contributed by atoms with van der Waals surface area (Å²) in [6, 6.07) is 28.6. The zero-order chi connectivity index (χ0) is 19.8. The van der Waals surface area contributed by atoms with Crippen LogP contribution >= 0.6 is 0 Å². The van der Waals surface area contributed by atoms with Crippen molar-refractivity contribution < 1.29 is 0 Å². The average Bonchev–Trinajstić information content (AvgIpc) is 3.17. The second kappa shape index (κ2) is 5.58. The van der Waals surface area contributed by atoms with Gasteiger partial charge >= 0.3 is 0 Å². The first-order valence-corrected chi connectivity index (χ1v) is 10.3. The first-order valence-electron chi connectivity index (χ1n) is 10.3. The molecule has 5 aromatic carbocycles. The van der Waals surface area contributed by atoms with Crippen LogP contribution in [0, 0.1) is 6.92 Å². The lowest BCUT2D eigenvalue weighted by atomic mass is 9.89. The van der Waals surface area contributed by atoms with Crippen LogP contribution in [0.15, 0.2) is 85.1 Å². The SMILES string of the molecule is Cc1ccnc2c1[nH]c1cc3ccc4c(-c5ccccc5)ccc5ccc(c12)c3c54. The molecule has 0 spiro atoms. The zero-order valence-electron chi connectivity index (χ0n) is 16.5. The molecule has 7 rings (SSSR count). The van der Waals surface area contributed by atoms with E-state index in [0.717, 1.165) is 16.6 Å². The molecule has 0 unspecified atom stereocenters. The van der Waals surface area contributed by atoms with E-state index in [0.29, 0.717) is 0 Å². The Bertz CT molecular complexity index is 1740. The summed E-state index contributed by atoms with van der Waals surface area (Å²) in [5.74, 6) is 0. The molecule has 30 heavy (non-hydrogen) atoms. The van der Waals surface area contributed by atoms with Crippen LogP contribution in [0.2, 0.25) is 0 Å². The highest BCUT2D eigenvalue weighted by Gasteiger charge is 2.17. The molecule has 0 aliphatic heterocycles. The summed E-state index contributed by atoms with van der Waals surface area (Å²) in [6.45, 7) is 2.14. The molecule has 0 radical (unpaired) electrons. The molecule has 2 heterocycles. The molecule has 7 aromatic rings. The second-order valence-electron chi connectivity index (χ2n) is 8.18. The maximum absolute atomic E-state index is 4.75. The Labute approximate surface area is 173 Å². The summed E-state index contributed by atoms with van der Waals surface area (Å²) >= 11 is 0. The monoisotopic (exact) mass is 382 g/mol. The Morgan fingerprint density at radius 3 is 2.37 bits per heavy atom. The lowest BCUT2D eigenvalue weighted by Gasteiger charge is -2.15. The van der Waals surface area contributed by atoms with Gasteiger partial charge in [0.1, 0.15) is 0 Å². The van der Waals surface area contributed by atoms with E-state index in [1.165, 1.54) is 54.4 Å². The van der Waals surface area contributed by atoms with E-state index in [1.54, 1.807) is 0 Å². The van der Waals surface area contributed by atoms with E-state index < -0.39 is 0 Å². The predicted octanol–water partition coefficient (Wildman–Crippen LogP) is 7.59. The number of nitrogens with one attached hydrogen (secondary N) is 1. The molecular weight excluding hydrogens is 364 g/mol. The van der Waals surface area contributed by atoms with Gasteiger partial charge in [0.05, 0.1) is 11.0 Å². The number of nitrogens with zero attached hydrogens (tertiary/aromatic N) is 1. The fraction of sp³-hybridized carbons (Fsp3) is 0.0357. The maximum atomic E-state index is 4.75. The van der Waals surface area contributed by atoms with Crippen molar-refractivity contribution in [3.05, 3.63) is 90.6 Å². The van der Waals surface area contributed by atoms with E-state index in [1.807, 2.05) is 6.20 Å². The highest BCUT2D eigenvalue weighted by Crippen LogP contribution is 2.43. The van der Waals surface area contributed by atoms with Gasteiger partial charge in [-0.1, -0.05) is 66.7 Å². The van der Waals surface area contributed by atoms with Gasteiger partial charge in [-0.25, -0.2) is 0 Å². The third-order valence-electron chi connectivity index (χ3n) is 6.52. The zero-order valence-corrected chi connectivity index (χ0v) is 16.5. The Balaban J connectivity index is 1.72. The Morgan fingerprint density at radius 2 is 1.47 bits per heavy atom. The van der Waals surface area contributed by atoms with Gasteiger partial charge in [-0.15, -0.1) is 0 Å². The van der Waals surface area contributed by atoms with Crippen LogP contribution in [0.4, 0.5) is 0 Å². The topological polar surface area (TPSA) is 28.7 Å². The summed E-state index contributed by atoms with van der Waals surface area (Å²) in [6.07, 6.45) is 1.91. The first-order chi connectivity index (χ1) is 14.8. The highest BCUT2D eigenvalue weighted by molar-refractivity contribution is 6.33. The van der Waals surface area contributed by atoms with Crippen molar-refractivity contribution >= 4 is 54.3 Å². The summed E-state index contributed by atoms with van der Waals surface area (Å²) in [5, 5.41) is 9.03. The van der Waals surface area contributed by atoms with Gasteiger partial charge in [0.2, 0.25) is 0 Å². The van der Waals surface area contributed by atoms with Gasteiger partial charge < -0.3 is 4.98 Å². The number of pyridine rings is 1. The Kier molecular flexibility index (Phi) is 2.97. The number of hydrogen-bond acceptors (Lipinski definition) is 1. The standard InChI is InChI=1S/C28H18N2/c1-16-13-14-29-28-26-22-12-8-18-7-10-20(17-5-3-2-4-6-17)21-11-9-19(25(22)24(18)21)15-23(26)30-27(16)28/h2-15,30H,1H3. The molecule has 0 fully saturated rings. The van der Waals surface area contributed by atoms with Crippen LogP contribution in [0.1, 0.15) is 5.56 Å². The van der Waals surface area contributed by atoms with Gasteiger partial charge in [-0.05, 0) is 68.1 Å². The largest absolute Gasteiger partial charge is 0.353 e. The number of hydrogen-bond donors (Lipinski definition) is 1. The summed E-state index contributed by atoms with van der Waals surface area (Å²) in [4.78, 5) is 8.37. The molecule has 0 saturated carbocycles. The number of H-pyrrole nitrogens is 1. The van der Waals surface area contributed by atoms with Crippen LogP contribution in [-0.2, 0) is 0 Å². The summed E-state index contributed by atoms with van der Waals surface area (Å²) in [7, 11) is 0. The van der Waals surface area contributed by atoms with E-state index in [4.69, 9.17) is 4.98 Å². The smallest absolute Gasteiger partial charge is 0.0966 e. The number of aryl methyl sites for hydroxylation is 1. The lowest BCUT2D eigenvalue weighted by Crippen LogP contribution is -1.88. The molecule has 140 valence electrons. The minimum Gasteiger partial charge on any atom is -0.353 e. The minimum atomic E-state index is 1.06. The van der Waals surface area contributed by atoms with E-state index >= 15 is 0 Å². The molecule has 0 aliphatic carbocycles. The molecule has 0 saturated heterocycles. The number of fused-ring (bicyclic) bond motifs is 4. The lowest BCUT2D eigenvalue weighted by molar-refractivity contribution is 1.36. The van der Waals surface area contributed by atoms with Crippen LogP contribution in [-0.4, -0.2) is 9.97 Å². The van der Waals surface area contributed by atoms with Crippen LogP contribution in [0.25, 0.3) is 65.4 Å². The molecule has 0 aliphatic rings. The quantitative estimate of drug-likeness (QED) is 0.291. The molecule has 0 amide bonds. The van der Waals surface area contributed by atoms with Crippen molar-refractivity contribution in [1.29, 1.82) is 0 Å². The van der Waals surface area contributed by atoms with Gasteiger partial charge in [0.15, 0.2) is 0 Å². The van der Waals surface area contributed by atoms with Crippen LogP contribution in [0.5, 0.6) is 0 Å². The summed E-state index contributed by atoms with van der Waals surface area (Å²) in [5.41, 5.74) is 7.11. The first kappa shape index (κ1) is 15.9. The molecule has 0 bridgehead atoms. The van der Waals surface area contributed by atoms with Crippen molar-refractivity contribution in [2.75, 3.05) is 0 Å². The molecule has 2 nitrogen and oxygen atoms in total. The van der Waals surface area contributed by atoms with E-state index in [9.17, 15) is 0 Å². The normalized spacial score (nSPS) is 12.2. The van der Waals surface area contributed by atoms with Crippen molar-refractivity contribution in [3.8, 4) is 11.1 Å². The molecule has 0 atom stereocenters. The van der Waals surface area contributed by atoms with Gasteiger partial charge in [-0.2, -0.15) is 0 Å². The highest BCUT2D eigenvalue weighted by atomic mass is 14.8. The van der Waals surface area contributed by atoms with Gasteiger partial charge in [0.25, 0.3) is 0 Å². The van der Waals surface area contributed by atoms with Crippen molar-refractivity contribution in [2.45, 2.75) is 6.92 Å². The van der Waals surface area contributed by atoms with Crippen molar-refractivity contribution in [2.24, 2.45) is 0 Å². The summed E-state index contributed by atoms with van der Waals surface area (Å²) < 4.78 is 0. The van der Waals surface area contributed by atoms with Crippen molar-refractivity contribution in [1.82, 2.24) is 9.97 Å². The molecule has 2 heteroatoms. The fourth-order valence-electron chi connectivity index (χ4n) is 5.14. The van der Waals surface area contributed by atoms with Crippen LogP contribution in [0.3, 0.4) is 0 Å². The third-order valence-corrected chi connectivity index (χ3v) is 6.52. The van der Waals surface area contributed by atoms with Gasteiger partial charge in [0, 0.05) is 17.1 Å². The van der Waals surface area contributed by atoms with E-state index in [2.05, 4.69) is 90.8 Å².